The quantitative estimate of drug-likeness (QED) is 0.190. The van der Waals surface area contributed by atoms with Crippen LogP contribution in [0.5, 0.6) is 5.75 Å². The van der Waals surface area contributed by atoms with Crippen LogP contribution in [0.25, 0.3) is 6.08 Å². The fourth-order valence-corrected chi connectivity index (χ4v) is 2.90. The van der Waals surface area contributed by atoms with Crippen molar-refractivity contribution in [3.63, 3.8) is 0 Å². The van der Waals surface area contributed by atoms with Crippen LogP contribution in [0.4, 0.5) is 11.4 Å². The number of nitrogens with two attached hydrogens (primary N) is 2. The normalized spacial score (nSPS) is 10.8. The molecule has 0 amide bonds. The maximum atomic E-state index is 12.0. The standard InChI is InChI=1S/C25H32N2O6/c1-30-14-15-32-24(28)11-8-19-6-9-23(10-7-19)31-12-4-2-3-5-13-33-25(29)20-16-21(26)18-22(27)17-20/h6-11,16-18H,2-5,12-15,26-27H2,1H3/b11-8+. The Morgan fingerprint density at radius 1 is 0.818 bits per heavy atom. The van der Waals surface area contributed by atoms with Gasteiger partial charge in [-0.1, -0.05) is 12.1 Å². The van der Waals surface area contributed by atoms with Crippen molar-refractivity contribution in [1.29, 1.82) is 0 Å². The van der Waals surface area contributed by atoms with Gasteiger partial charge in [0.2, 0.25) is 0 Å². The highest BCUT2D eigenvalue weighted by molar-refractivity contribution is 5.91. The van der Waals surface area contributed by atoms with Crippen LogP contribution in [-0.2, 0) is 19.0 Å². The van der Waals surface area contributed by atoms with Gasteiger partial charge in [-0.2, -0.15) is 0 Å². The second-order valence-electron chi connectivity index (χ2n) is 7.35. The molecule has 0 aliphatic heterocycles. The molecule has 8 nitrogen and oxygen atoms in total. The third-order valence-electron chi connectivity index (χ3n) is 4.58. The lowest BCUT2D eigenvalue weighted by Gasteiger charge is -2.08. The summed E-state index contributed by atoms with van der Waals surface area (Å²) in [5, 5.41) is 0. The number of unbranched alkanes of at least 4 members (excludes halogenated alkanes) is 3. The largest absolute Gasteiger partial charge is 0.494 e. The molecule has 0 unspecified atom stereocenters. The van der Waals surface area contributed by atoms with Gasteiger partial charge in [0.15, 0.2) is 0 Å². The number of hydrogen-bond donors (Lipinski definition) is 2. The predicted molar refractivity (Wildman–Crippen MR) is 128 cm³/mol. The third kappa shape index (κ3) is 10.6. The number of esters is 2. The fourth-order valence-electron chi connectivity index (χ4n) is 2.90. The molecule has 2 aromatic carbocycles. The summed E-state index contributed by atoms with van der Waals surface area (Å²) in [4.78, 5) is 23.5. The molecule has 0 saturated carbocycles. The van der Waals surface area contributed by atoms with E-state index in [1.54, 1.807) is 31.4 Å². The van der Waals surface area contributed by atoms with Gasteiger partial charge in [-0.25, -0.2) is 9.59 Å². The van der Waals surface area contributed by atoms with Crippen LogP contribution in [0.3, 0.4) is 0 Å². The van der Waals surface area contributed by atoms with E-state index in [4.69, 9.17) is 30.4 Å². The first-order valence-corrected chi connectivity index (χ1v) is 10.9. The summed E-state index contributed by atoms with van der Waals surface area (Å²) in [6.07, 6.45) is 6.64. The number of carbonyl (C=O) groups excluding carboxylic acids is 2. The molecular weight excluding hydrogens is 424 g/mol. The summed E-state index contributed by atoms with van der Waals surface area (Å²) in [5.41, 5.74) is 13.5. The van der Waals surface area contributed by atoms with Crippen molar-refractivity contribution >= 4 is 29.4 Å². The highest BCUT2D eigenvalue weighted by Gasteiger charge is 2.08. The molecule has 0 bridgehead atoms. The highest BCUT2D eigenvalue weighted by Crippen LogP contribution is 2.16. The lowest BCUT2D eigenvalue weighted by atomic mass is 10.2. The summed E-state index contributed by atoms with van der Waals surface area (Å²) in [5.74, 6) is -0.0552. The van der Waals surface area contributed by atoms with Gasteiger partial charge < -0.3 is 30.4 Å². The van der Waals surface area contributed by atoms with E-state index in [0.717, 1.165) is 37.0 Å². The van der Waals surface area contributed by atoms with Gasteiger partial charge in [0.25, 0.3) is 0 Å². The molecule has 0 aromatic heterocycles. The van der Waals surface area contributed by atoms with Crippen molar-refractivity contribution in [3.05, 3.63) is 59.7 Å². The average Bonchev–Trinajstić information content (AvgIpc) is 2.79. The van der Waals surface area contributed by atoms with Crippen LogP contribution in [0.15, 0.2) is 48.5 Å². The Balaban J connectivity index is 1.55. The number of ether oxygens (including phenoxy) is 4. The van der Waals surface area contributed by atoms with Gasteiger partial charge >= 0.3 is 11.9 Å². The monoisotopic (exact) mass is 456 g/mol. The Hall–Kier alpha value is -3.52. The van der Waals surface area contributed by atoms with Gasteiger partial charge in [0, 0.05) is 24.6 Å². The van der Waals surface area contributed by atoms with Crippen LogP contribution in [0, 0.1) is 0 Å². The molecule has 0 fully saturated rings. The van der Waals surface area contributed by atoms with Crippen molar-refractivity contribution in [3.8, 4) is 5.75 Å². The second-order valence-corrected chi connectivity index (χ2v) is 7.35. The molecule has 178 valence electrons. The molecular formula is C25H32N2O6. The highest BCUT2D eigenvalue weighted by atomic mass is 16.6. The molecule has 33 heavy (non-hydrogen) atoms. The minimum Gasteiger partial charge on any atom is -0.494 e. The average molecular weight is 457 g/mol. The Morgan fingerprint density at radius 3 is 2.15 bits per heavy atom. The van der Waals surface area contributed by atoms with E-state index < -0.39 is 11.9 Å². The van der Waals surface area contributed by atoms with Crippen LogP contribution in [0.2, 0.25) is 0 Å². The Morgan fingerprint density at radius 2 is 1.48 bits per heavy atom. The predicted octanol–water partition coefficient (Wildman–Crippen LogP) is 3.85. The minimum absolute atomic E-state index is 0.233. The maximum Gasteiger partial charge on any atom is 0.338 e. The van der Waals surface area contributed by atoms with Crippen molar-refractivity contribution in [2.45, 2.75) is 25.7 Å². The van der Waals surface area contributed by atoms with Crippen LogP contribution in [-0.4, -0.2) is 45.5 Å². The molecule has 0 spiro atoms. The minimum atomic E-state index is -0.418. The zero-order chi connectivity index (χ0) is 23.9. The zero-order valence-corrected chi connectivity index (χ0v) is 19.0. The topological polar surface area (TPSA) is 123 Å². The number of methoxy groups -OCH3 is 1. The van der Waals surface area contributed by atoms with Gasteiger partial charge in [0.1, 0.15) is 12.4 Å². The fraction of sp³-hybridized carbons (Fsp3) is 0.360. The van der Waals surface area contributed by atoms with Crippen molar-refractivity contribution in [2.75, 3.05) is 45.0 Å². The van der Waals surface area contributed by atoms with Gasteiger partial charge in [0.05, 0.1) is 25.4 Å². The number of hydrogen-bond acceptors (Lipinski definition) is 8. The summed E-state index contributed by atoms with van der Waals surface area (Å²) in [6.45, 7) is 1.56. The first kappa shape index (κ1) is 25.7. The lowest BCUT2D eigenvalue weighted by Crippen LogP contribution is -2.08. The summed E-state index contributed by atoms with van der Waals surface area (Å²) < 4.78 is 20.8. The summed E-state index contributed by atoms with van der Waals surface area (Å²) >= 11 is 0. The number of rotatable bonds is 14. The second kappa shape index (κ2) is 14.5. The van der Waals surface area contributed by atoms with E-state index in [1.165, 1.54) is 6.08 Å². The SMILES string of the molecule is COCCOC(=O)/C=C/c1ccc(OCCCCCCOC(=O)c2cc(N)cc(N)c2)cc1. The van der Waals surface area contributed by atoms with E-state index >= 15 is 0 Å². The Bertz CT molecular complexity index is 891. The lowest BCUT2D eigenvalue weighted by molar-refractivity contribution is -0.138. The summed E-state index contributed by atoms with van der Waals surface area (Å²) in [7, 11) is 1.55. The van der Waals surface area contributed by atoms with Gasteiger partial charge in [-0.05, 0) is 67.7 Å². The smallest absolute Gasteiger partial charge is 0.338 e. The van der Waals surface area contributed by atoms with Crippen LogP contribution in [0.1, 0.15) is 41.6 Å². The van der Waals surface area contributed by atoms with E-state index in [2.05, 4.69) is 0 Å². The van der Waals surface area contributed by atoms with Crippen LogP contribution >= 0.6 is 0 Å². The molecule has 0 aliphatic rings. The van der Waals surface area contributed by atoms with Gasteiger partial charge in [-0.3, -0.25) is 0 Å². The number of carbonyl (C=O) groups is 2. The summed E-state index contributed by atoms with van der Waals surface area (Å²) in [6, 6.07) is 12.2. The van der Waals surface area contributed by atoms with E-state index in [-0.39, 0.29) is 6.61 Å². The van der Waals surface area contributed by atoms with Crippen molar-refractivity contribution < 1.29 is 28.5 Å². The Labute approximate surface area is 194 Å². The van der Waals surface area contributed by atoms with Crippen LogP contribution < -0.4 is 16.2 Å². The first-order chi connectivity index (χ1) is 16.0. The maximum absolute atomic E-state index is 12.0. The molecule has 0 heterocycles. The molecule has 8 heteroatoms. The third-order valence-corrected chi connectivity index (χ3v) is 4.58. The molecule has 0 saturated heterocycles. The van der Waals surface area contributed by atoms with Gasteiger partial charge in [-0.15, -0.1) is 0 Å². The van der Waals surface area contributed by atoms with E-state index in [1.807, 2.05) is 24.3 Å². The zero-order valence-electron chi connectivity index (χ0n) is 19.0. The number of nitrogen functional groups attached to an aromatic ring is 2. The molecule has 0 atom stereocenters. The molecule has 0 radical (unpaired) electrons. The molecule has 2 rings (SSSR count). The first-order valence-electron chi connectivity index (χ1n) is 10.9. The number of anilines is 2. The molecule has 0 aliphatic carbocycles. The van der Waals surface area contributed by atoms with E-state index in [0.29, 0.717) is 36.8 Å². The van der Waals surface area contributed by atoms with Crippen molar-refractivity contribution in [2.24, 2.45) is 0 Å². The Kier molecular flexibility index (Phi) is 11.3. The van der Waals surface area contributed by atoms with Crippen molar-refractivity contribution in [1.82, 2.24) is 0 Å². The van der Waals surface area contributed by atoms with E-state index in [9.17, 15) is 9.59 Å². The molecule has 4 N–H and O–H groups in total. The number of benzene rings is 2. The molecule has 2 aromatic rings.